The van der Waals surface area contributed by atoms with E-state index < -0.39 is 11.4 Å². The number of benzene rings is 2. The summed E-state index contributed by atoms with van der Waals surface area (Å²) >= 11 is 0. The first-order valence-corrected chi connectivity index (χ1v) is 9.20. The molecule has 2 aromatic carbocycles. The van der Waals surface area contributed by atoms with Crippen molar-refractivity contribution < 1.29 is 9.13 Å². The lowest BCUT2D eigenvalue weighted by molar-refractivity contribution is -0.0769. The number of halogens is 1. The number of anilines is 2. The molecular weight excluding hydrogens is 371 g/mol. The Labute approximate surface area is 165 Å². The molecule has 7 heteroatoms. The highest BCUT2D eigenvalue weighted by atomic mass is 19.1. The lowest BCUT2D eigenvalue weighted by atomic mass is 9.87. The van der Waals surface area contributed by atoms with Gasteiger partial charge in [-0.2, -0.15) is 0 Å². The Morgan fingerprint density at radius 1 is 1.07 bits per heavy atom. The van der Waals surface area contributed by atoms with Crippen LogP contribution in [0.2, 0.25) is 0 Å². The van der Waals surface area contributed by atoms with E-state index >= 15 is 0 Å². The van der Waals surface area contributed by atoms with Gasteiger partial charge in [-0.1, -0.05) is 30.3 Å². The van der Waals surface area contributed by atoms with Crippen LogP contribution in [0.4, 0.5) is 16.0 Å². The van der Waals surface area contributed by atoms with Crippen LogP contribution in [0.1, 0.15) is 5.56 Å². The molecule has 0 atom stereocenters. The van der Waals surface area contributed by atoms with Crippen LogP contribution in [0.15, 0.2) is 77.9 Å². The van der Waals surface area contributed by atoms with Gasteiger partial charge in [-0.3, -0.25) is 14.3 Å². The molecule has 6 nitrogen and oxygen atoms in total. The number of hydrogen-bond acceptors (Lipinski definition) is 5. The van der Waals surface area contributed by atoms with Crippen molar-refractivity contribution in [3.63, 3.8) is 0 Å². The summed E-state index contributed by atoms with van der Waals surface area (Å²) in [7, 11) is 0. The minimum atomic E-state index is -0.726. The molecule has 0 aliphatic carbocycles. The van der Waals surface area contributed by atoms with Crippen LogP contribution < -0.4 is 10.9 Å². The lowest BCUT2D eigenvalue weighted by Crippen LogP contribution is -2.56. The fourth-order valence-corrected chi connectivity index (χ4v) is 3.67. The molecule has 0 radical (unpaired) electrons. The summed E-state index contributed by atoms with van der Waals surface area (Å²) in [5.74, 6) is -0.121. The van der Waals surface area contributed by atoms with E-state index in [9.17, 15) is 9.18 Å². The predicted molar refractivity (Wildman–Crippen MR) is 108 cm³/mol. The van der Waals surface area contributed by atoms with E-state index in [1.165, 1.54) is 18.2 Å². The van der Waals surface area contributed by atoms with Crippen LogP contribution in [0.25, 0.3) is 10.9 Å². The largest absolute Gasteiger partial charge is 0.376 e. The van der Waals surface area contributed by atoms with Crippen LogP contribution >= 0.6 is 0 Å². The van der Waals surface area contributed by atoms with Crippen LogP contribution in [0.3, 0.4) is 0 Å². The van der Waals surface area contributed by atoms with Crippen molar-refractivity contribution in [2.24, 2.45) is 0 Å². The summed E-state index contributed by atoms with van der Waals surface area (Å²) in [6.45, 7) is 0.641. The van der Waals surface area contributed by atoms with Gasteiger partial charge in [0.15, 0.2) is 0 Å². The van der Waals surface area contributed by atoms with Gasteiger partial charge in [0.05, 0.1) is 36.0 Å². The first-order chi connectivity index (χ1) is 14.2. The molecule has 1 aliphatic rings. The molecule has 4 aromatic rings. The van der Waals surface area contributed by atoms with Crippen LogP contribution in [0, 0.1) is 5.82 Å². The molecule has 29 heavy (non-hydrogen) atoms. The standard InChI is InChI=1S/C22H17FN4O2/c23-16-8-9-19-18(11-16)20(28)27(21(26-19)25-17-7-4-10-24-12-17)22(13-29-14-22)15-5-2-1-3-6-15/h1-12H,13-14H2,(H,25,26). The number of rotatable bonds is 4. The first-order valence-electron chi connectivity index (χ1n) is 9.20. The highest BCUT2D eigenvalue weighted by Crippen LogP contribution is 2.36. The Bertz CT molecular complexity index is 1240. The van der Waals surface area contributed by atoms with Gasteiger partial charge in [-0.05, 0) is 35.9 Å². The maximum atomic E-state index is 13.9. The second kappa shape index (κ2) is 6.79. The van der Waals surface area contributed by atoms with Crippen LogP contribution in [-0.4, -0.2) is 27.7 Å². The minimum Gasteiger partial charge on any atom is -0.376 e. The Morgan fingerprint density at radius 2 is 1.90 bits per heavy atom. The van der Waals surface area contributed by atoms with Crippen LogP contribution in [-0.2, 0) is 10.3 Å². The van der Waals surface area contributed by atoms with Gasteiger partial charge in [-0.25, -0.2) is 9.37 Å². The number of hydrogen-bond donors (Lipinski definition) is 1. The number of ether oxygens (including phenoxy) is 1. The van der Waals surface area contributed by atoms with Crippen molar-refractivity contribution in [3.8, 4) is 0 Å². The number of nitrogens with zero attached hydrogens (tertiary/aromatic N) is 3. The minimum absolute atomic E-state index is 0.226. The average Bonchev–Trinajstić information content (AvgIpc) is 2.72. The Balaban J connectivity index is 1.79. The molecule has 1 N–H and O–H groups in total. The molecule has 0 bridgehead atoms. The highest BCUT2D eigenvalue weighted by molar-refractivity contribution is 5.79. The maximum absolute atomic E-state index is 13.9. The number of pyridine rings is 1. The van der Waals surface area contributed by atoms with Gasteiger partial charge < -0.3 is 10.1 Å². The SMILES string of the molecule is O=c1c2cc(F)ccc2nc(Nc2cccnc2)n1C1(c2ccccc2)COC1. The zero-order valence-corrected chi connectivity index (χ0v) is 15.4. The van der Waals surface area contributed by atoms with Gasteiger partial charge in [0.2, 0.25) is 5.95 Å². The van der Waals surface area contributed by atoms with Gasteiger partial charge >= 0.3 is 0 Å². The van der Waals surface area contributed by atoms with Gasteiger partial charge in [0, 0.05) is 6.20 Å². The molecule has 144 valence electrons. The van der Waals surface area contributed by atoms with Crippen molar-refractivity contribution in [2.45, 2.75) is 5.54 Å². The van der Waals surface area contributed by atoms with E-state index in [-0.39, 0.29) is 10.9 Å². The summed E-state index contributed by atoms with van der Waals surface area (Å²) < 4.78 is 21.0. The predicted octanol–water partition coefficient (Wildman–Crippen LogP) is 3.45. The summed E-state index contributed by atoms with van der Waals surface area (Å²) in [5.41, 5.74) is 0.991. The Hall–Kier alpha value is -3.58. The number of nitrogens with one attached hydrogen (secondary N) is 1. The summed E-state index contributed by atoms with van der Waals surface area (Å²) in [4.78, 5) is 22.3. The van der Waals surface area contributed by atoms with Crippen molar-refractivity contribution >= 4 is 22.5 Å². The number of aromatic nitrogens is 3. The molecule has 0 unspecified atom stereocenters. The van der Waals surface area contributed by atoms with Crippen LogP contribution in [0.5, 0.6) is 0 Å². The van der Waals surface area contributed by atoms with Crippen molar-refractivity contribution in [1.29, 1.82) is 0 Å². The third kappa shape index (κ3) is 2.87. The second-order valence-corrected chi connectivity index (χ2v) is 6.99. The molecule has 0 saturated carbocycles. The first kappa shape index (κ1) is 17.5. The third-order valence-corrected chi connectivity index (χ3v) is 5.17. The lowest BCUT2D eigenvalue weighted by Gasteiger charge is -2.44. The monoisotopic (exact) mass is 388 g/mol. The van der Waals surface area contributed by atoms with Gasteiger partial charge in [-0.15, -0.1) is 0 Å². The zero-order chi connectivity index (χ0) is 19.8. The average molecular weight is 388 g/mol. The van der Waals surface area contributed by atoms with Crippen molar-refractivity contribution in [3.05, 3.63) is 94.8 Å². The smallest absolute Gasteiger partial charge is 0.263 e. The van der Waals surface area contributed by atoms with Crippen molar-refractivity contribution in [1.82, 2.24) is 14.5 Å². The molecule has 5 rings (SSSR count). The quantitative estimate of drug-likeness (QED) is 0.580. The molecular formula is C22H17FN4O2. The molecule has 1 aliphatic heterocycles. The van der Waals surface area contributed by atoms with E-state index in [0.717, 1.165) is 5.56 Å². The Morgan fingerprint density at radius 3 is 2.59 bits per heavy atom. The molecule has 0 spiro atoms. The summed E-state index contributed by atoms with van der Waals surface area (Å²) in [6.07, 6.45) is 3.32. The van der Waals surface area contributed by atoms with E-state index in [1.54, 1.807) is 23.0 Å². The second-order valence-electron chi connectivity index (χ2n) is 6.99. The van der Waals surface area contributed by atoms with E-state index in [1.807, 2.05) is 36.4 Å². The maximum Gasteiger partial charge on any atom is 0.263 e. The molecule has 1 fully saturated rings. The molecule has 2 aromatic heterocycles. The molecule has 1 saturated heterocycles. The highest BCUT2D eigenvalue weighted by Gasteiger charge is 2.45. The Kier molecular flexibility index (Phi) is 4.10. The summed E-state index contributed by atoms with van der Waals surface area (Å²) in [6, 6.07) is 17.3. The van der Waals surface area contributed by atoms with E-state index in [0.29, 0.717) is 30.4 Å². The molecule has 3 heterocycles. The molecule has 0 amide bonds. The fourth-order valence-electron chi connectivity index (χ4n) is 3.67. The zero-order valence-electron chi connectivity index (χ0n) is 15.4. The fraction of sp³-hybridized carbons (Fsp3) is 0.136. The van der Waals surface area contributed by atoms with Crippen molar-refractivity contribution in [2.75, 3.05) is 18.5 Å². The normalized spacial score (nSPS) is 15.1. The van der Waals surface area contributed by atoms with E-state index in [2.05, 4.69) is 15.3 Å². The van der Waals surface area contributed by atoms with E-state index in [4.69, 9.17) is 4.74 Å². The topological polar surface area (TPSA) is 69.0 Å². The third-order valence-electron chi connectivity index (χ3n) is 5.17. The van der Waals surface area contributed by atoms with Gasteiger partial charge in [0.25, 0.3) is 5.56 Å². The summed E-state index contributed by atoms with van der Waals surface area (Å²) in [5, 5.41) is 3.43. The number of fused-ring (bicyclic) bond motifs is 1. The van der Waals surface area contributed by atoms with Gasteiger partial charge in [0.1, 0.15) is 11.4 Å².